The number of aromatic nitrogens is 1. The van der Waals surface area contributed by atoms with Crippen molar-refractivity contribution >= 4 is 23.1 Å². The second-order valence-corrected chi connectivity index (χ2v) is 6.35. The Balaban J connectivity index is 1.62. The lowest BCUT2D eigenvalue weighted by molar-refractivity contribution is -0.114. The van der Waals surface area contributed by atoms with Crippen LogP contribution in [0.4, 0.5) is 17.2 Å². The number of benzene rings is 1. The van der Waals surface area contributed by atoms with Gasteiger partial charge in [0.25, 0.3) is 0 Å². The van der Waals surface area contributed by atoms with Gasteiger partial charge < -0.3 is 20.9 Å². The summed E-state index contributed by atoms with van der Waals surface area (Å²) in [4.78, 5) is 20.5. The number of hydrogen-bond donors (Lipinski definition) is 2. The third-order valence-corrected chi connectivity index (χ3v) is 4.74. The fourth-order valence-electron chi connectivity index (χ4n) is 3.11. The summed E-state index contributed by atoms with van der Waals surface area (Å²) in [5.41, 5.74) is 9.99. The van der Waals surface area contributed by atoms with Gasteiger partial charge in [-0.05, 0) is 43.2 Å². The SMILES string of the molecule is Cc1cccc(N2CCN(c3ccc(NC(=O)CN)cn3)CC2)c1C. The number of amides is 1. The van der Waals surface area contributed by atoms with Crippen molar-refractivity contribution < 1.29 is 4.79 Å². The molecule has 3 N–H and O–H groups in total. The van der Waals surface area contributed by atoms with Crippen LogP contribution in [0.5, 0.6) is 0 Å². The van der Waals surface area contributed by atoms with Crippen molar-refractivity contribution in [2.45, 2.75) is 13.8 Å². The van der Waals surface area contributed by atoms with E-state index in [0.29, 0.717) is 5.69 Å². The first kappa shape index (κ1) is 17.2. The summed E-state index contributed by atoms with van der Waals surface area (Å²) in [5, 5.41) is 2.71. The number of anilines is 3. The van der Waals surface area contributed by atoms with Crippen LogP contribution in [0.3, 0.4) is 0 Å². The summed E-state index contributed by atoms with van der Waals surface area (Å²) >= 11 is 0. The monoisotopic (exact) mass is 339 g/mol. The molecule has 0 atom stereocenters. The second kappa shape index (κ2) is 7.53. The smallest absolute Gasteiger partial charge is 0.238 e. The molecule has 1 aliphatic heterocycles. The normalized spacial score (nSPS) is 14.5. The predicted octanol–water partition coefficient (Wildman–Crippen LogP) is 1.92. The Morgan fingerprint density at radius 3 is 2.48 bits per heavy atom. The summed E-state index contributed by atoms with van der Waals surface area (Å²) in [6.45, 7) is 8.11. The zero-order valence-electron chi connectivity index (χ0n) is 14.8. The van der Waals surface area contributed by atoms with Gasteiger partial charge in [-0.25, -0.2) is 4.98 Å². The van der Waals surface area contributed by atoms with Crippen LogP contribution in [0.2, 0.25) is 0 Å². The highest BCUT2D eigenvalue weighted by Crippen LogP contribution is 2.25. The van der Waals surface area contributed by atoms with Crippen molar-refractivity contribution in [3.05, 3.63) is 47.7 Å². The van der Waals surface area contributed by atoms with Crippen molar-refractivity contribution in [2.75, 3.05) is 47.8 Å². The topological polar surface area (TPSA) is 74.5 Å². The van der Waals surface area contributed by atoms with E-state index in [9.17, 15) is 4.79 Å². The highest BCUT2D eigenvalue weighted by molar-refractivity contribution is 5.91. The number of piperazine rings is 1. The Morgan fingerprint density at radius 1 is 1.12 bits per heavy atom. The molecule has 6 heteroatoms. The van der Waals surface area contributed by atoms with E-state index >= 15 is 0 Å². The van der Waals surface area contributed by atoms with Crippen LogP contribution in [-0.2, 0) is 4.79 Å². The molecule has 1 saturated heterocycles. The van der Waals surface area contributed by atoms with Gasteiger partial charge in [0, 0.05) is 31.9 Å². The van der Waals surface area contributed by atoms with Gasteiger partial charge in [0.05, 0.1) is 18.4 Å². The maximum absolute atomic E-state index is 11.3. The number of pyridine rings is 1. The fourth-order valence-corrected chi connectivity index (χ4v) is 3.11. The summed E-state index contributed by atoms with van der Waals surface area (Å²) in [6.07, 6.45) is 1.68. The summed E-state index contributed by atoms with van der Waals surface area (Å²) in [5.74, 6) is 0.725. The first-order valence-corrected chi connectivity index (χ1v) is 8.60. The van der Waals surface area contributed by atoms with E-state index in [1.54, 1.807) is 6.20 Å². The summed E-state index contributed by atoms with van der Waals surface area (Å²) in [7, 11) is 0. The van der Waals surface area contributed by atoms with Crippen LogP contribution in [0.1, 0.15) is 11.1 Å². The maximum atomic E-state index is 11.3. The van der Waals surface area contributed by atoms with Crippen molar-refractivity contribution in [1.82, 2.24) is 4.98 Å². The average Bonchev–Trinajstić information content (AvgIpc) is 2.65. The Hall–Kier alpha value is -2.60. The van der Waals surface area contributed by atoms with E-state index in [0.717, 1.165) is 32.0 Å². The molecule has 1 aliphatic rings. The first-order valence-electron chi connectivity index (χ1n) is 8.60. The minimum Gasteiger partial charge on any atom is -0.368 e. The largest absolute Gasteiger partial charge is 0.368 e. The first-order chi connectivity index (χ1) is 12.1. The molecule has 0 aliphatic carbocycles. The van der Waals surface area contributed by atoms with Crippen molar-refractivity contribution in [3.63, 3.8) is 0 Å². The van der Waals surface area contributed by atoms with E-state index in [-0.39, 0.29) is 12.5 Å². The lowest BCUT2D eigenvalue weighted by Gasteiger charge is -2.37. The van der Waals surface area contributed by atoms with E-state index in [4.69, 9.17) is 5.73 Å². The molecule has 6 nitrogen and oxygen atoms in total. The number of carbonyl (C=O) groups is 1. The van der Waals surface area contributed by atoms with Crippen LogP contribution in [0, 0.1) is 13.8 Å². The maximum Gasteiger partial charge on any atom is 0.238 e. The van der Waals surface area contributed by atoms with Gasteiger partial charge in [-0.2, -0.15) is 0 Å². The molecule has 0 saturated carbocycles. The Morgan fingerprint density at radius 2 is 1.84 bits per heavy atom. The van der Waals surface area contributed by atoms with E-state index < -0.39 is 0 Å². The number of carbonyl (C=O) groups excluding carboxylic acids is 1. The van der Waals surface area contributed by atoms with E-state index in [1.807, 2.05) is 12.1 Å². The number of nitrogens with two attached hydrogens (primary N) is 1. The zero-order chi connectivity index (χ0) is 17.8. The molecular formula is C19H25N5O. The molecule has 0 bridgehead atoms. The van der Waals surface area contributed by atoms with Gasteiger partial charge in [0.15, 0.2) is 0 Å². The number of hydrogen-bond acceptors (Lipinski definition) is 5. The molecule has 25 heavy (non-hydrogen) atoms. The summed E-state index contributed by atoms with van der Waals surface area (Å²) in [6, 6.07) is 10.3. The predicted molar refractivity (Wildman–Crippen MR) is 102 cm³/mol. The number of nitrogens with one attached hydrogen (secondary N) is 1. The van der Waals surface area contributed by atoms with E-state index in [2.05, 4.69) is 52.1 Å². The molecule has 2 heterocycles. The minimum atomic E-state index is -0.211. The standard InChI is InChI=1S/C19H25N5O/c1-14-4-3-5-17(15(14)2)23-8-10-24(11-9-23)18-7-6-16(13-21-18)22-19(25)12-20/h3-7,13H,8-12,20H2,1-2H3,(H,22,25). The van der Waals surface area contributed by atoms with Crippen LogP contribution in [0.15, 0.2) is 36.5 Å². The fraction of sp³-hybridized carbons (Fsp3) is 0.368. The van der Waals surface area contributed by atoms with Gasteiger partial charge in [-0.15, -0.1) is 0 Å². The van der Waals surface area contributed by atoms with Gasteiger partial charge in [0.2, 0.25) is 5.91 Å². The lowest BCUT2D eigenvalue weighted by atomic mass is 10.1. The molecule has 0 spiro atoms. The summed E-state index contributed by atoms with van der Waals surface area (Å²) < 4.78 is 0. The van der Waals surface area contributed by atoms with Crippen molar-refractivity contribution in [2.24, 2.45) is 5.73 Å². The molecule has 132 valence electrons. The third kappa shape index (κ3) is 3.91. The van der Waals surface area contributed by atoms with Crippen LogP contribution >= 0.6 is 0 Å². The number of nitrogens with zero attached hydrogens (tertiary/aromatic N) is 3. The van der Waals surface area contributed by atoms with Crippen LogP contribution in [-0.4, -0.2) is 43.6 Å². The van der Waals surface area contributed by atoms with Gasteiger partial charge in [-0.3, -0.25) is 4.79 Å². The van der Waals surface area contributed by atoms with Crippen LogP contribution in [0.25, 0.3) is 0 Å². The van der Waals surface area contributed by atoms with Gasteiger partial charge in [-0.1, -0.05) is 12.1 Å². The minimum absolute atomic E-state index is 0.0257. The Labute approximate surface area is 148 Å². The molecule has 1 aromatic heterocycles. The quantitative estimate of drug-likeness (QED) is 0.890. The molecule has 0 unspecified atom stereocenters. The van der Waals surface area contributed by atoms with Gasteiger partial charge >= 0.3 is 0 Å². The molecule has 3 rings (SSSR count). The molecule has 1 aromatic carbocycles. The van der Waals surface area contributed by atoms with Gasteiger partial charge in [0.1, 0.15) is 5.82 Å². The Bertz CT molecular complexity index is 736. The molecule has 2 aromatic rings. The Kier molecular flexibility index (Phi) is 5.19. The molecule has 1 amide bonds. The molecule has 1 fully saturated rings. The van der Waals surface area contributed by atoms with E-state index in [1.165, 1.54) is 16.8 Å². The zero-order valence-corrected chi connectivity index (χ0v) is 14.8. The number of aryl methyl sites for hydroxylation is 1. The highest BCUT2D eigenvalue weighted by atomic mass is 16.1. The average molecular weight is 339 g/mol. The van der Waals surface area contributed by atoms with Crippen LogP contribution < -0.4 is 20.9 Å². The molecular weight excluding hydrogens is 314 g/mol. The van der Waals surface area contributed by atoms with Crippen molar-refractivity contribution in [1.29, 1.82) is 0 Å². The number of rotatable bonds is 4. The lowest BCUT2D eigenvalue weighted by Crippen LogP contribution is -2.47. The van der Waals surface area contributed by atoms with Crippen molar-refractivity contribution in [3.8, 4) is 0 Å². The second-order valence-electron chi connectivity index (χ2n) is 6.35. The third-order valence-electron chi connectivity index (χ3n) is 4.74. The highest BCUT2D eigenvalue weighted by Gasteiger charge is 2.19. The molecule has 0 radical (unpaired) electrons.